The molecule has 1 heterocycles. The van der Waals surface area contributed by atoms with Gasteiger partial charge in [-0.1, -0.05) is 11.6 Å². The maximum Gasteiger partial charge on any atom is 0.242 e. The summed E-state index contributed by atoms with van der Waals surface area (Å²) in [5.74, 6) is 0.0972. The van der Waals surface area contributed by atoms with E-state index in [9.17, 15) is 8.42 Å². The van der Waals surface area contributed by atoms with Gasteiger partial charge in [0.1, 0.15) is 10.7 Å². The molecule has 0 atom stereocenters. The van der Waals surface area contributed by atoms with Gasteiger partial charge in [0.05, 0.1) is 11.6 Å². The van der Waals surface area contributed by atoms with Crippen LogP contribution in [0.15, 0.2) is 17.2 Å². The topological polar surface area (TPSA) is 94.3 Å². The number of ether oxygens (including phenoxy) is 1. The fourth-order valence-electron chi connectivity index (χ4n) is 1.05. The van der Waals surface area contributed by atoms with Crippen LogP contribution >= 0.6 is 11.6 Å². The third-order valence-electron chi connectivity index (χ3n) is 1.90. The lowest BCUT2D eigenvalue weighted by molar-refractivity contribution is 0.153. The number of anilines is 1. The molecule has 0 aliphatic carbocycles. The van der Waals surface area contributed by atoms with Crippen LogP contribution in [0.4, 0.5) is 5.82 Å². The number of hydrogen-bond acceptors (Lipinski definition) is 5. The Hall–Kier alpha value is -0.890. The highest BCUT2D eigenvalue weighted by Gasteiger charge is 2.15. The van der Waals surface area contributed by atoms with E-state index in [1.807, 2.05) is 6.92 Å². The lowest BCUT2D eigenvalue weighted by atomic mass is 10.5. The first-order chi connectivity index (χ1) is 7.97. The van der Waals surface area contributed by atoms with Crippen LogP contribution in [-0.2, 0) is 14.8 Å². The molecule has 0 aliphatic rings. The standard InChI is InChI=1S/C9H14ClN3O3S/c1-2-16-4-3-13-17(14,15)7-5-8(10)9(11)12-6-7/h5-6,13H,2-4H2,1H3,(H2,11,12). The van der Waals surface area contributed by atoms with Crippen molar-refractivity contribution in [3.63, 3.8) is 0 Å². The number of aromatic nitrogens is 1. The summed E-state index contributed by atoms with van der Waals surface area (Å²) in [6.07, 6.45) is 1.16. The van der Waals surface area contributed by atoms with Crippen molar-refractivity contribution < 1.29 is 13.2 Å². The van der Waals surface area contributed by atoms with E-state index in [0.717, 1.165) is 6.20 Å². The Kier molecular flexibility index (Phi) is 5.13. The molecule has 0 spiro atoms. The van der Waals surface area contributed by atoms with Crippen molar-refractivity contribution in [1.82, 2.24) is 9.71 Å². The van der Waals surface area contributed by atoms with Crippen LogP contribution < -0.4 is 10.5 Å². The number of sulfonamides is 1. The first-order valence-electron chi connectivity index (χ1n) is 4.96. The van der Waals surface area contributed by atoms with Crippen molar-refractivity contribution in [3.05, 3.63) is 17.3 Å². The number of hydrogen-bond donors (Lipinski definition) is 2. The second-order valence-corrected chi connectivity index (χ2v) is 5.31. The zero-order valence-electron chi connectivity index (χ0n) is 9.31. The second-order valence-electron chi connectivity index (χ2n) is 3.13. The van der Waals surface area contributed by atoms with Crippen LogP contribution in [0, 0.1) is 0 Å². The third kappa shape index (κ3) is 4.12. The molecule has 1 aromatic rings. The highest BCUT2D eigenvalue weighted by atomic mass is 35.5. The molecule has 3 N–H and O–H groups in total. The lowest BCUT2D eigenvalue weighted by Gasteiger charge is -2.07. The van der Waals surface area contributed by atoms with Crippen molar-refractivity contribution >= 4 is 27.4 Å². The number of nitrogens with two attached hydrogens (primary N) is 1. The fraction of sp³-hybridized carbons (Fsp3) is 0.444. The second kappa shape index (κ2) is 6.15. The monoisotopic (exact) mass is 279 g/mol. The molecule has 6 nitrogen and oxygen atoms in total. The number of halogens is 1. The Morgan fingerprint density at radius 3 is 2.88 bits per heavy atom. The molecule has 1 aromatic heterocycles. The number of pyridine rings is 1. The quantitative estimate of drug-likeness (QED) is 0.745. The molecule has 0 aromatic carbocycles. The maximum atomic E-state index is 11.8. The Bertz CT molecular complexity index is 478. The predicted octanol–water partition coefficient (Wildman–Crippen LogP) is 0.632. The number of rotatable bonds is 6. The molecule has 0 bridgehead atoms. The smallest absolute Gasteiger partial charge is 0.242 e. The van der Waals surface area contributed by atoms with E-state index >= 15 is 0 Å². The largest absolute Gasteiger partial charge is 0.382 e. The van der Waals surface area contributed by atoms with Crippen LogP contribution in [0.2, 0.25) is 5.02 Å². The molecule has 0 fully saturated rings. The Labute approximate surface area is 105 Å². The van der Waals surface area contributed by atoms with Gasteiger partial charge in [0.25, 0.3) is 0 Å². The minimum Gasteiger partial charge on any atom is -0.382 e. The van der Waals surface area contributed by atoms with Crippen molar-refractivity contribution in [2.75, 3.05) is 25.5 Å². The van der Waals surface area contributed by atoms with Gasteiger partial charge in [-0.05, 0) is 13.0 Å². The molecular formula is C9H14ClN3O3S. The van der Waals surface area contributed by atoms with Crippen LogP contribution in [-0.4, -0.2) is 33.2 Å². The van der Waals surface area contributed by atoms with Gasteiger partial charge >= 0.3 is 0 Å². The Balaban J connectivity index is 2.72. The molecule has 96 valence electrons. The lowest BCUT2D eigenvalue weighted by Crippen LogP contribution is -2.27. The summed E-state index contributed by atoms with van der Waals surface area (Å²) in [5.41, 5.74) is 5.39. The van der Waals surface area contributed by atoms with Crippen LogP contribution in [0.25, 0.3) is 0 Å². The summed E-state index contributed by atoms with van der Waals surface area (Å²) in [5, 5.41) is 0.109. The molecule has 17 heavy (non-hydrogen) atoms. The zero-order chi connectivity index (χ0) is 12.9. The number of nitrogens with one attached hydrogen (secondary N) is 1. The first kappa shape index (κ1) is 14.2. The minimum absolute atomic E-state index is 0.0202. The van der Waals surface area contributed by atoms with E-state index in [4.69, 9.17) is 22.1 Å². The molecule has 1 rings (SSSR count). The fourth-order valence-corrected chi connectivity index (χ4v) is 2.27. The maximum absolute atomic E-state index is 11.8. The van der Waals surface area contributed by atoms with Gasteiger partial charge in [-0.15, -0.1) is 0 Å². The van der Waals surface area contributed by atoms with Gasteiger partial charge in [0, 0.05) is 19.3 Å². The van der Waals surface area contributed by atoms with Crippen molar-refractivity contribution in [1.29, 1.82) is 0 Å². The normalized spacial score (nSPS) is 11.6. The van der Waals surface area contributed by atoms with E-state index < -0.39 is 10.0 Å². The molecule has 0 amide bonds. The summed E-state index contributed by atoms with van der Waals surface area (Å²) in [6, 6.07) is 1.26. The minimum atomic E-state index is -3.61. The summed E-state index contributed by atoms with van der Waals surface area (Å²) in [7, 11) is -3.61. The highest BCUT2D eigenvalue weighted by molar-refractivity contribution is 7.89. The molecule has 0 radical (unpaired) electrons. The predicted molar refractivity (Wildman–Crippen MR) is 65.3 cm³/mol. The summed E-state index contributed by atoms with van der Waals surface area (Å²) < 4.78 is 30.9. The number of nitrogen functional groups attached to an aromatic ring is 1. The van der Waals surface area contributed by atoms with Gasteiger partial charge in [0.2, 0.25) is 10.0 Å². The molecule has 0 saturated heterocycles. The van der Waals surface area contributed by atoms with Gasteiger partial charge in [-0.2, -0.15) is 0 Å². The van der Waals surface area contributed by atoms with Crippen molar-refractivity contribution in [2.24, 2.45) is 0 Å². The average molecular weight is 280 g/mol. The summed E-state index contributed by atoms with van der Waals surface area (Å²) >= 11 is 5.70. The van der Waals surface area contributed by atoms with Crippen molar-refractivity contribution in [3.8, 4) is 0 Å². The Morgan fingerprint density at radius 2 is 2.29 bits per heavy atom. The van der Waals surface area contributed by atoms with Gasteiger partial charge in [-0.25, -0.2) is 18.1 Å². The molecule has 8 heteroatoms. The van der Waals surface area contributed by atoms with Crippen LogP contribution in [0.3, 0.4) is 0 Å². The highest BCUT2D eigenvalue weighted by Crippen LogP contribution is 2.19. The SMILES string of the molecule is CCOCCNS(=O)(=O)c1cnc(N)c(Cl)c1. The van der Waals surface area contributed by atoms with Crippen molar-refractivity contribution in [2.45, 2.75) is 11.8 Å². The summed E-state index contributed by atoms with van der Waals surface area (Å²) in [6.45, 7) is 2.87. The van der Waals surface area contributed by atoms with E-state index in [2.05, 4.69) is 9.71 Å². The first-order valence-corrected chi connectivity index (χ1v) is 6.82. The van der Waals surface area contributed by atoms with Gasteiger partial charge < -0.3 is 10.5 Å². The molecular weight excluding hydrogens is 266 g/mol. The summed E-state index contributed by atoms with van der Waals surface area (Å²) in [4.78, 5) is 3.66. The van der Waals surface area contributed by atoms with E-state index in [1.165, 1.54) is 6.07 Å². The number of nitrogens with zero attached hydrogens (tertiary/aromatic N) is 1. The molecule has 0 aliphatic heterocycles. The Morgan fingerprint density at radius 1 is 1.59 bits per heavy atom. The third-order valence-corrected chi connectivity index (χ3v) is 3.63. The van der Waals surface area contributed by atoms with E-state index in [-0.39, 0.29) is 22.3 Å². The average Bonchev–Trinajstić information content (AvgIpc) is 2.28. The zero-order valence-corrected chi connectivity index (χ0v) is 10.9. The van der Waals surface area contributed by atoms with E-state index in [1.54, 1.807) is 0 Å². The van der Waals surface area contributed by atoms with Gasteiger partial charge in [0.15, 0.2) is 0 Å². The van der Waals surface area contributed by atoms with E-state index in [0.29, 0.717) is 13.2 Å². The van der Waals surface area contributed by atoms with Crippen LogP contribution in [0.5, 0.6) is 0 Å². The molecule has 0 saturated carbocycles. The van der Waals surface area contributed by atoms with Crippen LogP contribution in [0.1, 0.15) is 6.92 Å². The van der Waals surface area contributed by atoms with Gasteiger partial charge in [-0.3, -0.25) is 0 Å². The molecule has 0 unspecified atom stereocenters.